The molecule has 0 spiro atoms. The molecule has 1 rings (SSSR count). The van der Waals surface area contributed by atoms with Crippen molar-refractivity contribution in [3.8, 4) is 0 Å². The number of hydrogen-bond acceptors (Lipinski definition) is 3. The Balaban J connectivity index is 2.35. The summed E-state index contributed by atoms with van der Waals surface area (Å²) in [6, 6.07) is 0. The maximum Gasteiger partial charge on any atom is 0.303 e. The van der Waals surface area contributed by atoms with Crippen LogP contribution in [0.2, 0.25) is 0 Å². The summed E-state index contributed by atoms with van der Waals surface area (Å²) >= 11 is 0. The number of piperidine rings is 1. The molecule has 2 unspecified atom stereocenters. The molecule has 4 heteroatoms. The summed E-state index contributed by atoms with van der Waals surface area (Å²) in [5.74, 6) is -0.945. The standard InChI is InChI=1S/C7H13NO3/c9-6(10)4-5-2-1-3-8-7(5)11/h5,7-8,11H,1-4H2,(H,9,10). The second-order valence-electron chi connectivity index (χ2n) is 2.90. The van der Waals surface area contributed by atoms with Crippen molar-refractivity contribution in [2.45, 2.75) is 25.5 Å². The van der Waals surface area contributed by atoms with E-state index in [-0.39, 0.29) is 12.3 Å². The SMILES string of the molecule is O=C(O)CC1CCCNC1O. The van der Waals surface area contributed by atoms with E-state index in [1.807, 2.05) is 0 Å². The zero-order valence-electron chi connectivity index (χ0n) is 6.29. The Morgan fingerprint density at radius 3 is 2.91 bits per heavy atom. The molecule has 11 heavy (non-hydrogen) atoms. The first-order chi connectivity index (χ1) is 5.20. The third-order valence-corrected chi connectivity index (χ3v) is 1.99. The Labute approximate surface area is 65.2 Å². The molecule has 0 aromatic carbocycles. The summed E-state index contributed by atoms with van der Waals surface area (Å²) in [4.78, 5) is 10.3. The zero-order valence-corrected chi connectivity index (χ0v) is 6.29. The monoisotopic (exact) mass is 159 g/mol. The van der Waals surface area contributed by atoms with E-state index in [0.29, 0.717) is 0 Å². The second kappa shape index (κ2) is 3.69. The largest absolute Gasteiger partial charge is 0.481 e. The van der Waals surface area contributed by atoms with E-state index in [4.69, 9.17) is 5.11 Å². The predicted molar refractivity (Wildman–Crippen MR) is 39.0 cm³/mol. The Bertz CT molecular complexity index is 149. The third kappa shape index (κ3) is 2.48. The second-order valence-corrected chi connectivity index (χ2v) is 2.90. The number of aliphatic hydroxyl groups excluding tert-OH is 1. The lowest BCUT2D eigenvalue weighted by molar-refractivity contribution is -0.139. The number of hydrogen-bond donors (Lipinski definition) is 3. The van der Waals surface area contributed by atoms with Crippen molar-refractivity contribution in [2.75, 3.05) is 6.54 Å². The Morgan fingerprint density at radius 2 is 2.36 bits per heavy atom. The fourth-order valence-electron chi connectivity index (χ4n) is 1.38. The van der Waals surface area contributed by atoms with Gasteiger partial charge in [0.1, 0.15) is 6.23 Å². The quantitative estimate of drug-likeness (QED) is 0.521. The predicted octanol–water partition coefficient (Wildman–Crippen LogP) is -0.221. The molecule has 0 aliphatic carbocycles. The highest BCUT2D eigenvalue weighted by Crippen LogP contribution is 2.17. The van der Waals surface area contributed by atoms with Gasteiger partial charge in [0, 0.05) is 5.92 Å². The Hall–Kier alpha value is -0.610. The highest BCUT2D eigenvalue weighted by molar-refractivity contribution is 5.67. The van der Waals surface area contributed by atoms with Crippen molar-refractivity contribution in [1.82, 2.24) is 5.32 Å². The lowest BCUT2D eigenvalue weighted by atomic mass is 9.94. The van der Waals surface area contributed by atoms with E-state index in [9.17, 15) is 9.90 Å². The summed E-state index contributed by atoms with van der Waals surface area (Å²) in [6.45, 7) is 0.789. The molecule has 1 heterocycles. The van der Waals surface area contributed by atoms with Crippen LogP contribution in [0.15, 0.2) is 0 Å². The molecular formula is C7H13NO3. The van der Waals surface area contributed by atoms with Gasteiger partial charge in [0.2, 0.25) is 0 Å². The molecule has 1 saturated heterocycles. The van der Waals surface area contributed by atoms with Gasteiger partial charge in [-0.25, -0.2) is 0 Å². The first-order valence-electron chi connectivity index (χ1n) is 3.83. The van der Waals surface area contributed by atoms with E-state index >= 15 is 0 Å². The van der Waals surface area contributed by atoms with Crippen molar-refractivity contribution in [1.29, 1.82) is 0 Å². The van der Waals surface area contributed by atoms with Gasteiger partial charge in [0.05, 0.1) is 6.42 Å². The molecule has 1 aliphatic rings. The van der Waals surface area contributed by atoms with E-state index in [0.717, 1.165) is 19.4 Å². The Kier molecular flexibility index (Phi) is 2.84. The molecule has 2 atom stereocenters. The fourth-order valence-corrected chi connectivity index (χ4v) is 1.38. The number of rotatable bonds is 2. The van der Waals surface area contributed by atoms with Gasteiger partial charge in [-0.2, -0.15) is 0 Å². The maximum atomic E-state index is 10.3. The van der Waals surface area contributed by atoms with Crippen LogP contribution in [-0.2, 0) is 4.79 Å². The van der Waals surface area contributed by atoms with Crippen molar-refractivity contribution in [2.24, 2.45) is 5.92 Å². The van der Waals surface area contributed by atoms with Crippen LogP contribution < -0.4 is 5.32 Å². The lowest BCUT2D eigenvalue weighted by Gasteiger charge is -2.27. The van der Waals surface area contributed by atoms with Gasteiger partial charge in [-0.3, -0.25) is 10.1 Å². The molecule has 64 valence electrons. The van der Waals surface area contributed by atoms with Gasteiger partial charge in [-0.05, 0) is 19.4 Å². The summed E-state index contributed by atoms with van der Waals surface area (Å²) in [7, 11) is 0. The van der Waals surface area contributed by atoms with E-state index < -0.39 is 12.2 Å². The molecule has 1 fully saturated rings. The molecule has 0 saturated carbocycles. The molecule has 1 aliphatic heterocycles. The first kappa shape index (κ1) is 8.49. The third-order valence-electron chi connectivity index (χ3n) is 1.99. The van der Waals surface area contributed by atoms with Crippen LogP contribution in [0.25, 0.3) is 0 Å². The van der Waals surface area contributed by atoms with Crippen LogP contribution in [0.3, 0.4) is 0 Å². The summed E-state index contributed by atoms with van der Waals surface area (Å²) in [5.41, 5.74) is 0. The molecule has 0 bridgehead atoms. The maximum absolute atomic E-state index is 10.3. The highest BCUT2D eigenvalue weighted by atomic mass is 16.4. The van der Waals surface area contributed by atoms with Gasteiger partial charge in [-0.1, -0.05) is 0 Å². The van der Waals surface area contributed by atoms with Crippen molar-refractivity contribution < 1.29 is 15.0 Å². The van der Waals surface area contributed by atoms with Crippen LogP contribution in [0.4, 0.5) is 0 Å². The zero-order chi connectivity index (χ0) is 8.27. The normalized spacial score (nSPS) is 31.7. The number of carboxylic acids is 1. The van der Waals surface area contributed by atoms with Gasteiger partial charge < -0.3 is 10.2 Å². The number of carboxylic acid groups (broad SMARTS) is 1. The number of aliphatic hydroxyl groups is 1. The Morgan fingerprint density at radius 1 is 1.64 bits per heavy atom. The topological polar surface area (TPSA) is 69.6 Å². The molecule has 0 radical (unpaired) electrons. The van der Waals surface area contributed by atoms with E-state index in [2.05, 4.69) is 5.32 Å². The van der Waals surface area contributed by atoms with Gasteiger partial charge >= 0.3 is 5.97 Å². The summed E-state index contributed by atoms with van der Waals surface area (Å²) in [6.07, 6.45) is 1.20. The minimum absolute atomic E-state index is 0.0637. The minimum atomic E-state index is -0.835. The van der Waals surface area contributed by atoms with Gasteiger partial charge in [0.25, 0.3) is 0 Å². The van der Waals surface area contributed by atoms with Crippen LogP contribution in [-0.4, -0.2) is 29.0 Å². The van der Waals surface area contributed by atoms with Gasteiger partial charge in [0.15, 0.2) is 0 Å². The fraction of sp³-hybridized carbons (Fsp3) is 0.857. The van der Waals surface area contributed by atoms with E-state index in [1.165, 1.54) is 0 Å². The van der Waals surface area contributed by atoms with Crippen LogP contribution >= 0.6 is 0 Å². The lowest BCUT2D eigenvalue weighted by Crippen LogP contribution is -2.41. The first-order valence-corrected chi connectivity index (χ1v) is 3.83. The van der Waals surface area contributed by atoms with E-state index in [1.54, 1.807) is 0 Å². The number of aliphatic carboxylic acids is 1. The molecule has 3 N–H and O–H groups in total. The minimum Gasteiger partial charge on any atom is -0.481 e. The van der Waals surface area contributed by atoms with Gasteiger partial charge in [-0.15, -0.1) is 0 Å². The molecular weight excluding hydrogens is 146 g/mol. The molecule has 0 aromatic rings. The molecule has 0 amide bonds. The molecule has 4 nitrogen and oxygen atoms in total. The van der Waals surface area contributed by atoms with Crippen LogP contribution in [0, 0.1) is 5.92 Å². The highest BCUT2D eigenvalue weighted by Gasteiger charge is 2.24. The summed E-state index contributed by atoms with van der Waals surface area (Å²) in [5, 5.41) is 20.5. The number of nitrogens with one attached hydrogen (secondary N) is 1. The average Bonchev–Trinajstić information content (AvgIpc) is 1.93. The van der Waals surface area contributed by atoms with Crippen molar-refractivity contribution >= 4 is 5.97 Å². The number of carbonyl (C=O) groups is 1. The summed E-state index contributed by atoms with van der Waals surface area (Å²) < 4.78 is 0. The van der Waals surface area contributed by atoms with Crippen LogP contribution in [0.1, 0.15) is 19.3 Å². The van der Waals surface area contributed by atoms with Crippen LogP contribution in [0.5, 0.6) is 0 Å². The average molecular weight is 159 g/mol. The van der Waals surface area contributed by atoms with Crippen molar-refractivity contribution in [3.05, 3.63) is 0 Å². The molecule has 0 aromatic heterocycles. The van der Waals surface area contributed by atoms with Crippen molar-refractivity contribution in [3.63, 3.8) is 0 Å². The smallest absolute Gasteiger partial charge is 0.303 e.